The summed E-state index contributed by atoms with van der Waals surface area (Å²) in [4.78, 5) is 28.5. The maximum absolute atomic E-state index is 13.6. The van der Waals surface area contributed by atoms with Crippen molar-refractivity contribution in [2.45, 2.75) is 6.61 Å². The van der Waals surface area contributed by atoms with Gasteiger partial charge in [0.25, 0.3) is 5.91 Å². The standard InChI is InChI=1S/C27H21BrCl2N2O5S/c1-35-23-12-17(21(28)13-24(23)37-15-16-3-5-18(29)6-4-16)11-22-26(34)32(20-9-7-19(30)8-10-20)27(38)31(22)14-25(33)36-2/h3-13H,14-15H2,1-2H3/b22-11-. The van der Waals surface area contributed by atoms with Gasteiger partial charge in [0.15, 0.2) is 16.6 Å². The number of hydrogen-bond acceptors (Lipinski definition) is 6. The lowest BCUT2D eigenvalue weighted by atomic mass is 10.1. The second-order valence-corrected chi connectivity index (χ2v) is 10.1. The Hall–Kier alpha value is -3.11. The highest BCUT2D eigenvalue weighted by atomic mass is 79.9. The minimum absolute atomic E-state index is 0.139. The van der Waals surface area contributed by atoms with Crippen LogP contribution in [0.2, 0.25) is 10.0 Å². The lowest BCUT2D eigenvalue weighted by molar-refractivity contribution is -0.140. The number of rotatable bonds is 8. The summed E-state index contributed by atoms with van der Waals surface area (Å²) in [5, 5.41) is 1.30. The van der Waals surface area contributed by atoms with Crippen LogP contribution in [0.15, 0.2) is 70.8 Å². The Kier molecular flexibility index (Phi) is 8.94. The molecule has 0 N–H and O–H groups in total. The smallest absolute Gasteiger partial charge is 0.325 e. The van der Waals surface area contributed by atoms with Gasteiger partial charge in [-0.25, -0.2) is 0 Å². The topological polar surface area (TPSA) is 68.3 Å². The minimum atomic E-state index is -0.549. The van der Waals surface area contributed by atoms with Crippen molar-refractivity contribution in [1.29, 1.82) is 0 Å². The second kappa shape index (κ2) is 12.2. The molecule has 1 aliphatic rings. The number of esters is 1. The van der Waals surface area contributed by atoms with E-state index in [4.69, 9.17) is 49.6 Å². The summed E-state index contributed by atoms with van der Waals surface area (Å²) >= 11 is 21.1. The number of anilines is 1. The van der Waals surface area contributed by atoms with Gasteiger partial charge in [-0.05, 0) is 78.0 Å². The largest absolute Gasteiger partial charge is 0.493 e. The zero-order valence-electron chi connectivity index (χ0n) is 20.2. The highest BCUT2D eigenvalue weighted by molar-refractivity contribution is 9.10. The van der Waals surface area contributed by atoms with Crippen LogP contribution in [-0.4, -0.2) is 42.7 Å². The van der Waals surface area contributed by atoms with Gasteiger partial charge in [0.05, 0.1) is 19.9 Å². The van der Waals surface area contributed by atoms with Crippen molar-refractivity contribution in [3.8, 4) is 11.5 Å². The van der Waals surface area contributed by atoms with Crippen LogP contribution < -0.4 is 14.4 Å². The fraction of sp³-hybridized carbons (Fsp3) is 0.148. The fourth-order valence-corrected chi connectivity index (χ4v) is 4.71. The van der Waals surface area contributed by atoms with Crippen LogP contribution in [0.3, 0.4) is 0 Å². The molecule has 7 nitrogen and oxygen atoms in total. The molecular weight excluding hydrogens is 615 g/mol. The second-order valence-electron chi connectivity index (χ2n) is 8.03. The van der Waals surface area contributed by atoms with Crippen LogP contribution in [0.5, 0.6) is 11.5 Å². The Bertz CT molecular complexity index is 1410. The molecule has 1 saturated heterocycles. The molecule has 196 valence electrons. The van der Waals surface area contributed by atoms with Gasteiger partial charge in [0.1, 0.15) is 18.8 Å². The summed E-state index contributed by atoms with van der Waals surface area (Å²) in [7, 11) is 2.80. The third-order valence-electron chi connectivity index (χ3n) is 5.62. The van der Waals surface area contributed by atoms with Gasteiger partial charge in [-0.1, -0.05) is 51.3 Å². The number of thiocarbonyl (C=S) groups is 1. The van der Waals surface area contributed by atoms with Crippen LogP contribution in [0, 0.1) is 0 Å². The van der Waals surface area contributed by atoms with Crippen LogP contribution >= 0.6 is 51.3 Å². The average molecular weight is 636 g/mol. The summed E-state index contributed by atoms with van der Waals surface area (Å²) in [6, 6.07) is 17.5. The third-order valence-corrected chi connectivity index (χ3v) is 7.21. The highest BCUT2D eigenvalue weighted by Gasteiger charge is 2.40. The molecule has 0 unspecified atom stereocenters. The first kappa shape index (κ1) is 27.9. The van der Waals surface area contributed by atoms with E-state index in [2.05, 4.69) is 15.9 Å². The molecule has 3 aromatic rings. The average Bonchev–Trinajstić information content (AvgIpc) is 3.13. The quantitative estimate of drug-likeness (QED) is 0.159. The lowest BCUT2D eigenvalue weighted by Gasteiger charge is -2.19. The Morgan fingerprint density at radius 1 is 1.00 bits per heavy atom. The predicted octanol–water partition coefficient (Wildman–Crippen LogP) is 6.49. The molecule has 1 amide bonds. The van der Waals surface area contributed by atoms with Gasteiger partial charge in [-0.3, -0.25) is 14.5 Å². The molecule has 0 aliphatic carbocycles. The summed E-state index contributed by atoms with van der Waals surface area (Å²) < 4.78 is 17.0. The molecule has 0 bridgehead atoms. The molecule has 0 atom stereocenters. The van der Waals surface area contributed by atoms with Gasteiger partial charge in [0, 0.05) is 14.5 Å². The lowest BCUT2D eigenvalue weighted by Crippen LogP contribution is -2.35. The fourth-order valence-electron chi connectivity index (χ4n) is 3.67. The van der Waals surface area contributed by atoms with E-state index in [1.165, 1.54) is 24.0 Å². The Morgan fingerprint density at radius 3 is 2.24 bits per heavy atom. The summed E-state index contributed by atoms with van der Waals surface area (Å²) in [6.07, 6.45) is 1.63. The summed E-state index contributed by atoms with van der Waals surface area (Å²) in [6.45, 7) is 0.0597. The molecule has 11 heteroatoms. The van der Waals surface area contributed by atoms with E-state index in [0.717, 1.165) is 5.56 Å². The molecule has 3 aromatic carbocycles. The number of hydrogen-bond donors (Lipinski definition) is 0. The Balaban J connectivity index is 1.69. The number of ether oxygens (including phenoxy) is 3. The Morgan fingerprint density at radius 2 is 1.63 bits per heavy atom. The van der Waals surface area contributed by atoms with Gasteiger partial charge in [-0.15, -0.1) is 0 Å². The van der Waals surface area contributed by atoms with E-state index < -0.39 is 11.9 Å². The number of halogens is 3. The van der Waals surface area contributed by atoms with Crippen molar-refractivity contribution in [2.75, 3.05) is 25.7 Å². The molecule has 1 fully saturated rings. The normalized spacial score (nSPS) is 14.3. The van der Waals surface area contributed by atoms with E-state index in [1.807, 2.05) is 12.1 Å². The van der Waals surface area contributed by atoms with Gasteiger partial charge in [-0.2, -0.15) is 0 Å². The zero-order valence-corrected chi connectivity index (χ0v) is 24.2. The molecular formula is C27H21BrCl2N2O5S. The monoisotopic (exact) mass is 634 g/mol. The van der Waals surface area contributed by atoms with E-state index in [0.29, 0.717) is 43.9 Å². The van der Waals surface area contributed by atoms with E-state index in [1.54, 1.807) is 54.6 Å². The minimum Gasteiger partial charge on any atom is -0.493 e. The van der Waals surface area contributed by atoms with E-state index in [9.17, 15) is 9.59 Å². The predicted molar refractivity (Wildman–Crippen MR) is 155 cm³/mol. The molecule has 0 spiro atoms. The van der Waals surface area contributed by atoms with Crippen molar-refractivity contribution in [2.24, 2.45) is 0 Å². The maximum atomic E-state index is 13.6. The first-order chi connectivity index (χ1) is 18.2. The van der Waals surface area contributed by atoms with Crippen molar-refractivity contribution in [3.63, 3.8) is 0 Å². The van der Waals surface area contributed by atoms with Crippen LogP contribution in [-0.2, 0) is 20.9 Å². The van der Waals surface area contributed by atoms with Crippen LogP contribution in [0.25, 0.3) is 6.08 Å². The van der Waals surface area contributed by atoms with Gasteiger partial charge < -0.3 is 19.1 Å². The van der Waals surface area contributed by atoms with Gasteiger partial charge >= 0.3 is 5.97 Å². The van der Waals surface area contributed by atoms with Crippen molar-refractivity contribution in [1.82, 2.24) is 4.90 Å². The molecule has 0 saturated carbocycles. The van der Waals surface area contributed by atoms with Crippen LogP contribution in [0.1, 0.15) is 11.1 Å². The Labute approximate surface area is 243 Å². The number of methoxy groups -OCH3 is 2. The van der Waals surface area contributed by atoms with Crippen molar-refractivity contribution in [3.05, 3.63) is 92.0 Å². The molecule has 38 heavy (non-hydrogen) atoms. The van der Waals surface area contributed by atoms with Crippen LogP contribution in [0.4, 0.5) is 5.69 Å². The first-order valence-corrected chi connectivity index (χ1v) is 13.1. The molecule has 4 rings (SSSR count). The third kappa shape index (κ3) is 6.13. The molecule has 1 aliphatic heterocycles. The number of carbonyl (C=O) groups excluding carboxylic acids is 2. The summed E-state index contributed by atoms with van der Waals surface area (Å²) in [5.74, 6) is -0.00294. The molecule has 0 radical (unpaired) electrons. The molecule has 1 heterocycles. The van der Waals surface area contributed by atoms with Crippen molar-refractivity contribution < 1.29 is 23.8 Å². The number of benzene rings is 3. The molecule has 0 aromatic heterocycles. The zero-order chi connectivity index (χ0) is 27.4. The number of carbonyl (C=O) groups is 2. The number of amides is 1. The summed E-state index contributed by atoms with van der Waals surface area (Å²) in [5.41, 5.74) is 2.25. The van der Waals surface area contributed by atoms with E-state index >= 15 is 0 Å². The SMILES string of the molecule is COC(=O)CN1C(=S)N(c2ccc(Cl)cc2)C(=O)/C1=C/c1cc(OC)c(OCc2ccc(Cl)cc2)cc1Br. The van der Waals surface area contributed by atoms with Crippen molar-refractivity contribution >= 4 is 80.1 Å². The van der Waals surface area contributed by atoms with E-state index in [-0.39, 0.29) is 17.4 Å². The maximum Gasteiger partial charge on any atom is 0.325 e. The van der Waals surface area contributed by atoms with Gasteiger partial charge in [0.2, 0.25) is 0 Å². The first-order valence-electron chi connectivity index (χ1n) is 11.2. The highest BCUT2D eigenvalue weighted by Crippen LogP contribution is 2.37. The number of nitrogens with zero attached hydrogens (tertiary/aromatic N) is 2.